The number of hydroxylamine groups is 1. The summed E-state index contributed by atoms with van der Waals surface area (Å²) >= 11 is 0. The van der Waals surface area contributed by atoms with Crippen molar-refractivity contribution in [1.82, 2.24) is 29.9 Å². The van der Waals surface area contributed by atoms with Gasteiger partial charge in [0.05, 0.1) is 12.9 Å². The standard InChI is InChI=1S/C36H54N8O7/c1-6-12-25(2)38-32-31-33(44(24-37-31)29-13-7-9-20-48-29)41-34(40-32)39-26-15-17-27(18-16-26)47-22-11-19-43(35(46)50-36(3,4)5)23-28(45)42-51-30-14-8-10-21-49-30/h15-18,24-25,29-30H,6-14,19-23H2,1-5H3,(H,42,45)(H2,38,39,40,41). The average Bonchev–Trinajstić information content (AvgIpc) is 3.54. The van der Waals surface area contributed by atoms with Gasteiger partial charge in [0.2, 0.25) is 5.95 Å². The number of amides is 2. The van der Waals surface area contributed by atoms with E-state index < -0.39 is 23.9 Å². The van der Waals surface area contributed by atoms with E-state index in [0.29, 0.717) is 49.2 Å². The average molecular weight is 711 g/mol. The zero-order chi connectivity index (χ0) is 36.2. The molecular formula is C36H54N8O7. The van der Waals surface area contributed by atoms with Crippen molar-refractivity contribution in [3.8, 4) is 5.75 Å². The summed E-state index contributed by atoms with van der Waals surface area (Å²) < 4.78 is 25.1. The fourth-order valence-electron chi connectivity index (χ4n) is 5.88. The van der Waals surface area contributed by atoms with Crippen LogP contribution >= 0.6 is 0 Å². The second kappa shape index (κ2) is 18.3. The SMILES string of the molecule is CCCC(C)Nc1nc(Nc2ccc(OCCCN(CC(=O)NOC3CCCCO3)C(=O)OC(C)(C)C)cc2)nc2c1ncn2C1CCCCO1. The summed E-state index contributed by atoms with van der Waals surface area (Å²) in [5.41, 5.74) is 3.92. The second-order valence-corrected chi connectivity index (χ2v) is 14.1. The minimum atomic E-state index is -0.710. The zero-order valence-electron chi connectivity index (χ0n) is 30.6. The van der Waals surface area contributed by atoms with Gasteiger partial charge in [-0.25, -0.2) is 20.1 Å². The van der Waals surface area contributed by atoms with E-state index in [1.807, 2.05) is 28.8 Å². The minimum absolute atomic E-state index is 0.104. The summed E-state index contributed by atoms with van der Waals surface area (Å²) in [5, 5.41) is 6.87. The number of imidazole rings is 1. The van der Waals surface area contributed by atoms with Crippen LogP contribution in [0.5, 0.6) is 5.75 Å². The third-order valence-electron chi connectivity index (χ3n) is 8.37. The molecule has 2 aliphatic rings. The Morgan fingerprint density at radius 3 is 2.51 bits per heavy atom. The fourth-order valence-corrected chi connectivity index (χ4v) is 5.88. The van der Waals surface area contributed by atoms with Gasteiger partial charge in [-0.3, -0.25) is 14.3 Å². The summed E-state index contributed by atoms with van der Waals surface area (Å²) in [6.07, 6.45) is 8.85. The molecule has 2 aromatic heterocycles. The molecule has 2 saturated heterocycles. The zero-order valence-corrected chi connectivity index (χ0v) is 30.6. The van der Waals surface area contributed by atoms with Crippen LogP contribution in [0.2, 0.25) is 0 Å². The van der Waals surface area contributed by atoms with Gasteiger partial charge in [-0.15, -0.1) is 0 Å². The van der Waals surface area contributed by atoms with Crippen LogP contribution in [0.4, 0.5) is 22.2 Å². The molecule has 2 aliphatic heterocycles. The van der Waals surface area contributed by atoms with Crippen LogP contribution in [0.25, 0.3) is 11.2 Å². The molecule has 3 aromatic rings. The number of rotatable bonds is 16. The predicted molar refractivity (Wildman–Crippen MR) is 193 cm³/mol. The van der Waals surface area contributed by atoms with Crippen molar-refractivity contribution in [2.75, 3.05) is 43.5 Å². The first kappa shape index (κ1) is 38.0. The molecule has 0 bridgehead atoms. The number of fused-ring (bicyclic) bond motifs is 1. The lowest BCUT2D eigenvalue weighted by atomic mass is 10.2. The molecule has 3 atom stereocenters. The summed E-state index contributed by atoms with van der Waals surface area (Å²) in [6.45, 7) is 11.3. The summed E-state index contributed by atoms with van der Waals surface area (Å²) in [4.78, 5) is 46.6. The maximum absolute atomic E-state index is 12.9. The molecule has 15 heteroatoms. The third-order valence-corrected chi connectivity index (χ3v) is 8.37. The maximum Gasteiger partial charge on any atom is 0.410 e. The molecule has 15 nitrogen and oxygen atoms in total. The highest BCUT2D eigenvalue weighted by molar-refractivity contribution is 5.85. The van der Waals surface area contributed by atoms with Crippen molar-refractivity contribution in [2.24, 2.45) is 0 Å². The monoisotopic (exact) mass is 710 g/mol. The van der Waals surface area contributed by atoms with Crippen LogP contribution in [0.1, 0.15) is 98.6 Å². The Hall–Kier alpha value is -4.21. The molecule has 3 N–H and O–H groups in total. The molecule has 5 rings (SSSR count). The Morgan fingerprint density at radius 1 is 1.06 bits per heavy atom. The smallest absolute Gasteiger partial charge is 0.410 e. The Kier molecular flexibility index (Phi) is 13.7. The quantitative estimate of drug-likeness (QED) is 0.110. The van der Waals surface area contributed by atoms with Crippen molar-refractivity contribution in [3.63, 3.8) is 0 Å². The lowest BCUT2D eigenvalue weighted by Crippen LogP contribution is -2.45. The maximum atomic E-state index is 12.9. The van der Waals surface area contributed by atoms with Crippen LogP contribution in [-0.2, 0) is 23.8 Å². The number of anilines is 3. The molecule has 2 fully saturated rings. The van der Waals surface area contributed by atoms with Gasteiger partial charge < -0.3 is 29.6 Å². The van der Waals surface area contributed by atoms with Crippen LogP contribution in [0.3, 0.4) is 0 Å². The van der Waals surface area contributed by atoms with Gasteiger partial charge in [-0.05, 0) is 96.9 Å². The van der Waals surface area contributed by atoms with Crippen molar-refractivity contribution < 1.29 is 33.4 Å². The number of nitrogens with zero attached hydrogens (tertiary/aromatic N) is 5. The van der Waals surface area contributed by atoms with Crippen molar-refractivity contribution in [2.45, 2.75) is 117 Å². The molecule has 0 spiro atoms. The minimum Gasteiger partial charge on any atom is -0.494 e. The third kappa shape index (κ3) is 11.7. The predicted octanol–water partition coefficient (Wildman–Crippen LogP) is 6.45. The highest BCUT2D eigenvalue weighted by Gasteiger charge is 2.25. The molecule has 51 heavy (non-hydrogen) atoms. The number of aromatic nitrogens is 4. The summed E-state index contributed by atoms with van der Waals surface area (Å²) in [5.74, 6) is 1.32. The highest BCUT2D eigenvalue weighted by atomic mass is 16.8. The van der Waals surface area contributed by atoms with E-state index in [9.17, 15) is 9.59 Å². The first-order chi connectivity index (χ1) is 24.6. The molecule has 0 radical (unpaired) electrons. The summed E-state index contributed by atoms with van der Waals surface area (Å²) in [7, 11) is 0. The van der Waals surface area contributed by atoms with Crippen LogP contribution < -0.4 is 20.9 Å². The molecule has 3 unspecified atom stereocenters. The molecule has 2 amide bonds. The number of benzene rings is 1. The van der Waals surface area contributed by atoms with Crippen molar-refractivity contribution >= 4 is 40.6 Å². The number of nitrogens with one attached hydrogen (secondary N) is 3. The van der Waals surface area contributed by atoms with Gasteiger partial charge in [0.25, 0.3) is 5.91 Å². The van der Waals surface area contributed by atoms with Crippen LogP contribution in [-0.4, -0.2) is 87.3 Å². The van der Waals surface area contributed by atoms with Gasteiger partial charge in [0.1, 0.15) is 24.1 Å². The molecule has 1 aromatic carbocycles. The topological polar surface area (TPSA) is 163 Å². The van der Waals surface area contributed by atoms with Gasteiger partial charge in [0, 0.05) is 37.9 Å². The van der Waals surface area contributed by atoms with E-state index in [1.165, 1.54) is 4.90 Å². The second-order valence-electron chi connectivity index (χ2n) is 14.1. The Balaban J connectivity index is 1.17. The lowest BCUT2D eigenvalue weighted by Gasteiger charge is -2.27. The Labute approximate surface area is 300 Å². The van der Waals surface area contributed by atoms with Gasteiger partial charge >= 0.3 is 6.09 Å². The van der Waals surface area contributed by atoms with Crippen molar-refractivity contribution in [3.05, 3.63) is 30.6 Å². The molecule has 0 saturated carbocycles. The van der Waals surface area contributed by atoms with E-state index in [4.69, 9.17) is 33.8 Å². The Bertz CT molecular complexity index is 1550. The van der Waals surface area contributed by atoms with Crippen LogP contribution in [0.15, 0.2) is 30.6 Å². The highest BCUT2D eigenvalue weighted by Crippen LogP contribution is 2.30. The van der Waals surface area contributed by atoms with Gasteiger partial charge in [0.15, 0.2) is 23.3 Å². The van der Waals surface area contributed by atoms with E-state index in [1.54, 1.807) is 27.1 Å². The first-order valence-corrected chi connectivity index (χ1v) is 18.2. The number of carbonyl (C=O) groups is 2. The number of hydrogen-bond acceptors (Lipinski definition) is 12. The lowest BCUT2D eigenvalue weighted by molar-refractivity contribution is -0.200. The molecule has 4 heterocycles. The van der Waals surface area contributed by atoms with Crippen LogP contribution in [0, 0.1) is 0 Å². The van der Waals surface area contributed by atoms with E-state index in [2.05, 4.69) is 34.9 Å². The van der Waals surface area contributed by atoms with E-state index in [0.717, 1.165) is 62.8 Å². The molecule has 0 aliphatic carbocycles. The number of carbonyl (C=O) groups excluding carboxylic acids is 2. The van der Waals surface area contributed by atoms with E-state index >= 15 is 0 Å². The van der Waals surface area contributed by atoms with E-state index in [-0.39, 0.29) is 25.4 Å². The molecular weight excluding hydrogens is 656 g/mol. The largest absolute Gasteiger partial charge is 0.494 e. The Morgan fingerprint density at radius 2 is 1.82 bits per heavy atom. The summed E-state index contributed by atoms with van der Waals surface area (Å²) in [6, 6.07) is 7.72. The number of hydrogen-bond donors (Lipinski definition) is 3. The number of ether oxygens (including phenoxy) is 4. The fraction of sp³-hybridized carbons (Fsp3) is 0.639. The first-order valence-electron chi connectivity index (χ1n) is 18.2. The normalized spacial score (nSPS) is 18.5. The van der Waals surface area contributed by atoms with Crippen molar-refractivity contribution in [1.29, 1.82) is 0 Å². The molecule has 280 valence electrons. The van der Waals surface area contributed by atoms with Gasteiger partial charge in [-0.1, -0.05) is 13.3 Å². The van der Waals surface area contributed by atoms with Gasteiger partial charge in [-0.2, -0.15) is 9.97 Å².